The molecule has 0 spiro atoms. The third kappa shape index (κ3) is 2.19. The van der Waals surface area contributed by atoms with E-state index in [1.165, 1.54) is 6.07 Å². The maximum atomic E-state index is 13.6. The molecule has 3 aromatic rings. The summed E-state index contributed by atoms with van der Waals surface area (Å²) in [6.45, 7) is 0. The molecule has 3 aromatic carbocycles. The van der Waals surface area contributed by atoms with Gasteiger partial charge in [0, 0.05) is 11.8 Å². The average molecular weight is 410 g/mol. The van der Waals surface area contributed by atoms with E-state index >= 15 is 0 Å². The molecule has 6 heteroatoms. The van der Waals surface area contributed by atoms with E-state index in [2.05, 4.69) is 0 Å². The van der Waals surface area contributed by atoms with Crippen LogP contribution in [0.15, 0.2) is 66.7 Å². The summed E-state index contributed by atoms with van der Waals surface area (Å²) in [5, 5.41) is 21.2. The predicted octanol–water partition coefficient (Wildman–Crippen LogP) is 2.86. The summed E-state index contributed by atoms with van der Waals surface area (Å²) in [4.78, 5) is 39.7. The number of benzene rings is 3. The summed E-state index contributed by atoms with van der Waals surface area (Å²) in [5.74, 6) is -4.31. The van der Waals surface area contributed by atoms with E-state index in [0.29, 0.717) is 0 Å². The second-order valence-electron chi connectivity index (χ2n) is 8.26. The number of carbonyl (C=O) groups excluding carboxylic acids is 2. The largest absolute Gasteiger partial charge is 0.872 e. The van der Waals surface area contributed by atoms with Crippen molar-refractivity contribution in [2.24, 2.45) is 11.8 Å². The van der Waals surface area contributed by atoms with Gasteiger partial charge in [-0.3, -0.25) is 9.59 Å². The fraction of sp³-hybridized carbons (Fsp3) is 0.160. The first-order valence-electron chi connectivity index (χ1n) is 10.1. The Morgan fingerprint density at radius 2 is 1.23 bits per heavy atom. The fourth-order valence-corrected chi connectivity index (χ4v) is 5.76. The molecule has 0 saturated carbocycles. The zero-order valence-electron chi connectivity index (χ0n) is 16.2. The lowest BCUT2D eigenvalue weighted by molar-refractivity contribution is -0.268. The van der Waals surface area contributed by atoms with Crippen molar-refractivity contribution in [2.75, 3.05) is 4.90 Å². The van der Waals surface area contributed by atoms with Crippen LogP contribution in [0.3, 0.4) is 0 Å². The van der Waals surface area contributed by atoms with Gasteiger partial charge in [0.05, 0.1) is 23.1 Å². The number of amides is 2. The summed E-state index contributed by atoms with van der Waals surface area (Å²) >= 11 is 0. The van der Waals surface area contributed by atoms with E-state index in [9.17, 15) is 24.6 Å². The van der Waals surface area contributed by atoms with Crippen molar-refractivity contribution in [1.29, 1.82) is 0 Å². The second-order valence-corrected chi connectivity index (χ2v) is 8.26. The Bertz CT molecular complexity index is 1200. The molecule has 0 unspecified atom stereocenters. The topological polar surface area (TPSA) is 97.7 Å². The van der Waals surface area contributed by atoms with Crippen molar-refractivity contribution in [3.63, 3.8) is 0 Å². The first-order valence-corrected chi connectivity index (χ1v) is 10.1. The molecule has 1 saturated heterocycles. The normalized spacial score (nSPS) is 25.2. The van der Waals surface area contributed by atoms with Gasteiger partial charge < -0.3 is 10.2 Å². The molecule has 1 aliphatic heterocycles. The van der Waals surface area contributed by atoms with E-state index in [1.54, 1.807) is 0 Å². The van der Waals surface area contributed by atoms with Gasteiger partial charge in [-0.25, -0.2) is 9.69 Å². The monoisotopic (exact) mass is 410 g/mol. The number of rotatable bonds is 2. The van der Waals surface area contributed by atoms with E-state index in [1.807, 2.05) is 48.5 Å². The molecular weight excluding hydrogens is 394 g/mol. The number of carbonyl (C=O) groups is 3. The van der Waals surface area contributed by atoms with E-state index < -0.39 is 29.1 Å². The summed E-state index contributed by atoms with van der Waals surface area (Å²) in [5.41, 5.74) is 3.94. The van der Waals surface area contributed by atoms with Crippen molar-refractivity contribution in [3.8, 4) is 5.75 Å². The minimum atomic E-state index is -1.39. The lowest BCUT2D eigenvalue weighted by Crippen LogP contribution is -2.41. The molecule has 1 fully saturated rings. The maximum Gasteiger partial charge on any atom is 0.335 e. The highest BCUT2D eigenvalue weighted by Gasteiger charge is 2.61. The van der Waals surface area contributed by atoms with Gasteiger partial charge in [0.15, 0.2) is 0 Å². The molecule has 0 radical (unpaired) electrons. The number of carboxylic acid groups (broad SMARTS) is 1. The minimum Gasteiger partial charge on any atom is -0.872 e. The van der Waals surface area contributed by atoms with Crippen molar-refractivity contribution in [1.82, 2.24) is 0 Å². The summed E-state index contributed by atoms with van der Waals surface area (Å²) in [6.07, 6.45) is 0. The van der Waals surface area contributed by atoms with Gasteiger partial charge in [-0.15, -0.1) is 0 Å². The first kappa shape index (κ1) is 17.9. The average Bonchev–Trinajstić information content (AvgIpc) is 3.05. The van der Waals surface area contributed by atoms with Crippen molar-refractivity contribution >= 4 is 23.5 Å². The zero-order chi connectivity index (χ0) is 21.4. The van der Waals surface area contributed by atoms with Crippen LogP contribution in [-0.4, -0.2) is 22.9 Å². The number of anilines is 1. The Kier molecular flexibility index (Phi) is 3.49. The number of carboxylic acids is 1. The van der Waals surface area contributed by atoms with Crippen molar-refractivity contribution < 1.29 is 24.6 Å². The van der Waals surface area contributed by atoms with Crippen molar-refractivity contribution in [3.05, 3.63) is 94.5 Å². The Hall–Kier alpha value is -3.93. The van der Waals surface area contributed by atoms with Crippen LogP contribution in [0.1, 0.15) is 44.4 Å². The Morgan fingerprint density at radius 1 is 0.774 bits per heavy atom. The van der Waals surface area contributed by atoms with Crippen LogP contribution in [0.4, 0.5) is 5.69 Å². The van der Waals surface area contributed by atoms with Crippen LogP contribution in [0.2, 0.25) is 0 Å². The van der Waals surface area contributed by atoms with Crippen LogP contribution < -0.4 is 10.0 Å². The highest BCUT2D eigenvalue weighted by molar-refractivity contribution is 6.23. The lowest BCUT2D eigenvalue weighted by Gasteiger charge is -2.45. The number of aromatic carboxylic acids is 1. The van der Waals surface area contributed by atoms with Gasteiger partial charge in [-0.2, -0.15) is 0 Å². The molecule has 2 bridgehead atoms. The number of nitrogens with zero attached hydrogens (tertiary/aromatic N) is 1. The van der Waals surface area contributed by atoms with Gasteiger partial charge in [-0.05, 0) is 34.4 Å². The summed E-state index contributed by atoms with van der Waals surface area (Å²) in [6, 6.07) is 19.4. The lowest BCUT2D eigenvalue weighted by atomic mass is 9.55. The molecule has 6 nitrogen and oxygen atoms in total. The Morgan fingerprint density at radius 3 is 1.65 bits per heavy atom. The highest BCUT2D eigenvalue weighted by Crippen LogP contribution is 2.61. The van der Waals surface area contributed by atoms with Gasteiger partial charge in [0.1, 0.15) is 0 Å². The molecular formula is C25H16NO5-. The molecule has 0 aromatic heterocycles. The second kappa shape index (κ2) is 6.04. The molecule has 31 heavy (non-hydrogen) atoms. The van der Waals surface area contributed by atoms with Gasteiger partial charge in [0.2, 0.25) is 11.8 Å². The van der Waals surface area contributed by atoms with Gasteiger partial charge in [0.25, 0.3) is 0 Å². The van der Waals surface area contributed by atoms with Crippen LogP contribution in [0.25, 0.3) is 0 Å². The Balaban J connectivity index is 1.54. The van der Waals surface area contributed by atoms with Crippen LogP contribution >= 0.6 is 0 Å². The molecule has 4 aliphatic rings. The fourth-order valence-electron chi connectivity index (χ4n) is 5.76. The van der Waals surface area contributed by atoms with E-state index in [-0.39, 0.29) is 29.3 Å². The molecule has 152 valence electrons. The summed E-state index contributed by atoms with van der Waals surface area (Å²) < 4.78 is 0. The highest BCUT2D eigenvalue weighted by atomic mass is 16.4. The third-order valence-electron chi connectivity index (χ3n) is 6.90. The van der Waals surface area contributed by atoms with Crippen LogP contribution in [0.5, 0.6) is 5.75 Å². The smallest absolute Gasteiger partial charge is 0.335 e. The number of hydrogen-bond donors (Lipinski definition) is 1. The molecule has 2 amide bonds. The first-order chi connectivity index (χ1) is 15.0. The zero-order valence-corrected chi connectivity index (χ0v) is 16.2. The molecule has 1 heterocycles. The Labute approximate surface area is 177 Å². The SMILES string of the molecule is O=C(O)c1cc(N2C(=O)[C@H]3C4c5ccccc5C(c5ccccc54)[C@@H]3C2=O)ccc1[O-]. The van der Waals surface area contributed by atoms with Crippen LogP contribution in [-0.2, 0) is 9.59 Å². The minimum absolute atomic E-state index is 0.133. The number of imide groups is 1. The number of hydrogen-bond acceptors (Lipinski definition) is 4. The summed E-state index contributed by atoms with van der Waals surface area (Å²) in [7, 11) is 0. The molecule has 7 rings (SSSR count). The predicted molar refractivity (Wildman–Crippen MR) is 109 cm³/mol. The molecule has 2 atom stereocenters. The molecule has 1 N–H and O–H groups in total. The van der Waals surface area contributed by atoms with Crippen LogP contribution in [0, 0.1) is 11.8 Å². The third-order valence-corrected chi connectivity index (χ3v) is 6.90. The molecule has 3 aliphatic carbocycles. The maximum absolute atomic E-state index is 13.6. The quantitative estimate of drug-likeness (QED) is 0.655. The standard InChI is InChI=1S/C25H17NO5/c27-18-10-9-12(11-17(18)25(30)31)26-23(28)21-19-13-5-1-2-6-14(13)20(22(21)24(26)29)16-8-4-3-7-15(16)19/h1-11,19-22,27H,(H,30,31)/p-1/t19?,20?,21-,22-/m0/s1. The van der Waals surface area contributed by atoms with Gasteiger partial charge >= 0.3 is 5.97 Å². The van der Waals surface area contributed by atoms with Crippen molar-refractivity contribution in [2.45, 2.75) is 11.8 Å². The van der Waals surface area contributed by atoms with E-state index in [0.717, 1.165) is 39.3 Å². The van der Waals surface area contributed by atoms with Gasteiger partial charge in [-0.1, -0.05) is 60.3 Å². The van der Waals surface area contributed by atoms with E-state index in [4.69, 9.17) is 0 Å².